The molecule has 0 aliphatic rings. The Kier molecular flexibility index (Phi) is 4.17. The number of amides is 1. The predicted octanol–water partition coefficient (Wildman–Crippen LogP) is 3.24. The average Bonchev–Trinajstić information content (AvgIpc) is 2.48. The predicted molar refractivity (Wildman–Crippen MR) is 81.5 cm³/mol. The van der Waals surface area contributed by atoms with E-state index in [4.69, 9.17) is 0 Å². The quantitative estimate of drug-likeness (QED) is 0.910. The molecule has 1 unspecified atom stereocenters. The molecule has 0 spiro atoms. The Labute approximate surface area is 124 Å². The summed E-state index contributed by atoms with van der Waals surface area (Å²) in [6.07, 6.45) is 0. The fraction of sp³-hybridized carbons (Fsp3) is 0.235. The molecule has 4 nitrogen and oxygen atoms in total. The maximum Gasteiger partial charge on any atom is 0.254 e. The molecule has 0 radical (unpaired) electrons. The van der Waals surface area contributed by atoms with E-state index in [0.29, 0.717) is 11.1 Å². The zero-order chi connectivity index (χ0) is 15.6. The molecular formula is C17H19NO3. The lowest BCUT2D eigenvalue weighted by Gasteiger charge is -2.26. The van der Waals surface area contributed by atoms with Gasteiger partial charge in [0.25, 0.3) is 5.91 Å². The van der Waals surface area contributed by atoms with Crippen LogP contribution in [0.4, 0.5) is 0 Å². The second kappa shape index (κ2) is 5.87. The van der Waals surface area contributed by atoms with Gasteiger partial charge in [0.15, 0.2) is 0 Å². The van der Waals surface area contributed by atoms with E-state index in [0.717, 1.165) is 5.56 Å². The minimum atomic E-state index is -0.276. The topological polar surface area (TPSA) is 60.8 Å². The molecule has 110 valence electrons. The van der Waals surface area contributed by atoms with E-state index in [-0.39, 0.29) is 23.4 Å². The monoisotopic (exact) mass is 285 g/mol. The molecule has 2 aromatic carbocycles. The van der Waals surface area contributed by atoms with Crippen molar-refractivity contribution < 1.29 is 15.0 Å². The van der Waals surface area contributed by atoms with E-state index in [1.807, 2.05) is 13.0 Å². The first kappa shape index (κ1) is 14.9. The van der Waals surface area contributed by atoms with Gasteiger partial charge in [-0.3, -0.25) is 4.79 Å². The highest BCUT2D eigenvalue weighted by Gasteiger charge is 2.21. The normalized spacial score (nSPS) is 12.0. The highest BCUT2D eigenvalue weighted by atomic mass is 16.3. The molecule has 0 aliphatic heterocycles. The van der Waals surface area contributed by atoms with Gasteiger partial charge in [0.2, 0.25) is 0 Å². The van der Waals surface area contributed by atoms with Gasteiger partial charge in [0.05, 0.1) is 6.04 Å². The van der Waals surface area contributed by atoms with Gasteiger partial charge in [-0.1, -0.05) is 24.3 Å². The number of hydrogen-bond acceptors (Lipinski definition) is 3. The summed E-state index contributed by atoms with van der Waals surface area (Å²) in [5.74, 6) is 0.0573. The van der Waals surface area contributed by atoms with Crippen molar-refractivity contribution in [2.24, 2.45) is 0 Å². The summed E-state index contributed by atoms with van der Waals surface area (Å²) in [5, 5.41) is 19.6. The summed E-state index contributed by atoms with van der Waals surface area (Å²) in [6.45, 7) is 3.62. The third-order valence-electron chi connectivity index (χ3n) is 3.74. The largest absolute Gasteiger partial charge is 0.508 e. The number of aromatic hydroxyl groups is 2. The number of hydrogen-bond donors (Lipinski definition) is 2. The number of para-hydroxylation sites is 1. The van der Waals surface area contributed by atoms with Gasteiger partial charge in [-0.15, -0.1) is 0 Å². The van der Waals surface area contributed by atoms with Crippen LogP contribution in [0.2, 0.25) is 0 Å². The summed E-state index contributed by atoms with van der Waals surface area (Å²) >= 11 is 0. The number of carbonyl (C=O) groups excluding carboxylic acids is 1. The van der Waals surface area contributed by atoms with Gasteiger partial charge >= 0.3 is 0 Å². The Morgan fingerprint density at radius 1 is 1.10 bits per heavy atom. The van der Waals surface area contributed by atoms with Crippen molar-refractivity contribution in [2.75, 3.05) is 7.05 Å². The van der Waals surface area contributed by atoms with Crippen molar-refractivity contribution in [3.05, 3.63) is 59.2 Å². The van der Waals surface area contributed by atoms with Gasteiger partial charge in [-0.2, -0.15) is 0 Å². The Balaban J connectivity index is 2.26. The van der Waals surface area contributed by atoms with Crippen LogP contribution in [0.15, 0.2) is 42.5 Å². The van der Waals surface area contributed by atoms with Crippen LogP contribution in [0, 0.1) is 6.92 Å². The second-order valence-electron chi connectivity index (χ2n) is 5.15. The Morgan fingerprint density at radius 3 is 2.38 bits per heavy atom. The van der Waals surface area contributed by atoms with Crippen LogP contribution < -0.4 is 0 Å². The number of phenolic OH excluding ortho intramolecular Hbond substituents is 2. The number of nitrogens with zero attached hydrogens (tertiary/aromatic N) is 1. The summed E-state index contributed by atoms with van der Waals surface area (Å²) in [5.41, 5.74) is 1.83. The number of benzene rings is 2. The third-order valence-corrected chi connectivity index (χ3v) is 3.74. The molecule has 0 fully saturated rings. The molecule has 0 aliphatic carbocycles. The highest BCUT2D eigenvalue weighted by Crippen LogP contribution is 2.28. The van der Waals surface area contributed by atoms with Crippen LogP contribution >= 0.6 is 0 Å². The molecule has 1 atom stereocenters. The van der Waals surface area contributed by atoms with Crippen LogP contribution in [0.5, 0.6) is 11.5 Å². The van der Waals surface area contributed by atoms with Gasteiger partial charge < -0.3 is 15.1 Å². The van der Waals surface area contributed by atoms with Crippen molar-refractivity contribution in [3.63, 3.8) is 0 Å². The first-order chi connectivity index (χ1) is 9.91. The molecule has 0 saturated carbocycles. The zero-order valence-corrected chi connectivity index (χ0v) is 12.4. The number of aryl methyl sites for hydroxylation is 1. The summed E-state index contributed by atoms with van der Waals surface area (Å²) in [7, 11) is 1.68. The molecule has 0 heterocycles. The lowest BCUT2D eigenvalue weighted by atomic mass is 10.0. The van der Waals surface area contributed by atoms with E-state index in [2.05, 4.69) is 0 Å². The maximum atomic E-state index is 12.5. The van der Waals surface area contributed by atoms with E-state index < -0.39 is 0 Å². The standard InChI is InChI=1S/C17H19NO3/c1-11-8-9-13(10-16(11)20)17(21)18(3)12(2)14-6-4-5-7-15(14)19/h4-10,12,19-20H,1-3H3. The molecule has 0 saturated heterocycles. The van der Waals surface area contributed by atoms with Crippen molar-refractivity contribution in [2.45, 2.75) is 19.9 Å². The molecule has 2 rings (SSSR count). The molecular weight excluding hydrogens is 266 g/mol. The molecule has 2 aromatic rings. The maximum absolute atomic E-state index is 12.5. The fourth-order valence-corrected chi connectivity index (χ4v) is 2.17. The summed E-state index contributed by atoms with van der Waals surface area (Å²) in [6, 6.07) is 11.5. The van der Waals surface area contributed by atoms with E-state index in [1.54, 1.807) is 49.2 Å². The Morgan fingerprint density at radius 2 is 1.76 bits per heavy atom. The lowest BCUT2D eigenvalue weighted by Crippen LogP contribution is -2.29. The van der Waals surface area contributed by atoms with E-state index in [1.165, 1.54) is 6.07 Å². The zero-order valence-electron chi connectivity index (χ0n) is 12.4. The molecule has 4 heteroatoms. The van der Waals surface area contributed by atoms with Crippen LogP contribution in [0.25, 0.3) is 0 Å². The fourth-order valence-electron chi connectivity index (χ4n) is 2.17. The first-order valence-electron chi connectivity index (χ1n) is 6.76. The third kappa shape index (κ3) is 2.99. The van der Waals surface area contributed by atoms with Gasteiger partial charge in [0.1, 0.15) is 11.5 Å². The molecule has 1 amide bonds. The van der Waals surface area contributed by atoms with Gasteiger partial charge in [-0.05, 0) is 37.6 Å². The second-order valence-corrected chi connectivity index (χ2v) is 5.15. The number of phenols is 2. The molecule has 21 heavy (non-hydrogen) atoms. The number of carbonyl (C=O) groups is 1. The van der Waals surface area contributed by atoms with Gasteiger partial charge in [0, 0.05) is 18.2 Å². The van der Waals surface area contributed by atoms with Crippen LogP contribution in [0.1, 0.15) is 34.5 Å². The summed E-state index contributed by atoms with van der Waals surface area (Å²) < 4.78 is 0. The molecule has 2 N–H and O–H groups in total. The first-order valence-corrected chi connectivity index (χ1v) is 6.76. The lowest BCUT2D eigenvalue weighted by molar-refractivity contribution is 0.0741. The minimum absolute atomic E-state index is 0.101. The van der Waals surface area contributed by atoms with Crippen molar-refractivity contribution in [1.82, 2.24) is 4.90 Å². The van der Waals surface area contributed by atoms with Crippen LogP contribution in [0.3, 0.4) is 0 Å². The van der Waals surface area contributed by atoms with Crippen LogP contribution in [-0.2, 0) is 0 Å². The average molecular weight is 285 g/mol. The van der Waals surface area contributed by atoms with Gasteiger partial charge in [-0.25, -0.2) is 0 Å². The van der Waals surface area contributed by atoms with E-state index >= 15 is 0 Å². The van der Waals surface area contributed by atoms with E-state index in [9.17, 15) is 15.0 Å². The SMILES string of the molecule is Cc1ccc(C(=O)N(C)C(C)c2ccccc2O)cc1O. The van der Waals surface area contributed by atoms with Crippen molar-refractivity contribution >= 4 is 5.91 Å². The minimum Gasteiger partial charge on any atom is -0.508 e. The smallest absolute Gasteiger partial charge is 0.254 e. The van der Waals surface area contributed by atoms with Crippen molar-refractivity contribution in [1.29, 1.82) is 0 Å². The molecule has 0 aromatic heterocycles. The summed E-state index contributed by atoms with van der Waals surface area (Å²) in [4.78, 5) is 14.0. The Bertz CT molecular complexity index is 667. The highest BCUT2D eigenvalue weighted by molar-refractivity contribution is 5.94. The Hall–Kier alpha value is -2.49. The number of rotatable bonds is 3. The van der Waals surface area contributed by atoms with Crippen LogP contribution in [-0.4, -0.2) is 28.1 Å². The van der Waals surface area contributed by atoms with Crippen molar-refractivity contribution in [3.8, 4) is 11.5 Å². The molecule has 0 bridgehead atoms.